The van der Waals surface area contributed by atoms with Gasteiger partial charge in [-0.2, -0.15) is 0 Å². The highest BCUT2D eigenvalue weighted by atomic mass is 19.1. The van der Waals surface area contributed by atoms with Crippen LogP contribution in [-0.4, -0.2) is 71.2 Å². The monoisotopic (exact) mass is 456 g/mol. The molecule has 2 N–H and O–H groups in total. The summed E-state index contributed by atoms with van der Waals surface area (Å²) in [6.07, 6.45) is 6.67. The number of benzene rings is 1. The quantitative estimate of drug-likeness (QED) is 0.505. The summed E-state index contributed by atoms with van der Waals surface area (Å²) in [4.78, 5) is 34.7. The van der Waals surface area contributed by atoms with Gasteiger partial charge in [-0.25, -0.2) is 19.2 Å². The summed E-state index contributed by atoms with van der Waals surface area (Å²) in [5.41, 5.74) is 1.51. The minimum Gasteiger partial charge on any atom is -0.382 e. The van der Waals surface area contributed by atoms with Gasteiger partial charge in [0.2, 0.25) is 11.7 Å². The first kappa shape index (κ1) is 22.6. The number of imidazole rings is 1. The second-order valence-corrected chi connectivity index (χ2v) is 7.59. The predicted molar refractivity (Wildman–Crippen MR) is 120 cm³/mol. The predicted octanol–water partition coefficient (Wildman–Crippen LogP) is 2.76. The standard InChI is InChI=1S/C22H25FN6O4/c1-32-8-9-33-14-20(30)25-16-11-24-21-27-19(13-29(21)12-16)17-10-15(4-5-18(17)23)26-22(31)28-6-2-3-7-28/h4-5,10-13H,2-3,6-9,14H2,1H3,(H,25,30)(H,26,31). The first-order valence-corrected chi connectivity index (χ1v) is 10.6. The Hall–Kier alpha value is -3.57. The van der Waals surface area contributed by atoms with Crippen molar-refractivity contribution in [1.82, 2.24) is 19.3 Å². The Morgan fingerprint density at radius 2 is 1.94 bits per heavy atom. The van der Waals surface area contributed by atoms with Gasteiger partial charge in [-0.15, -0.1) is 0 Å². The topological polar surface area (TPSA) is 110 Å². The molecular weight excluding hydrogens is 431 g/mol. The maximum Gasteiger partial charge on any atom is 0.321 e. The van der Waals surface area contributed by atoms with Crippen LogP contribution in [-0.2, 0) is 14.3 Å². The highest BCUT2D eigenvalue weighted by Gasteiger charge is 2.19. The molecule has 0 atom stereocenters. The van der Waals surface area contributed by atoms with Crippen molar-refractivity contribution in [3.63, 3.8) is 0 Å². The second kappa shape index (κ2) is 10.4. The first-order valence-electron chi connectivity index (χ1n) is 10.6. The van der Waals surface area contributed by atoms with Crippen molar-refractivity contribution in [2.75, 3.05) is 50.7 Å². The molecule has 0 bridgehead atoms. The van der Waals surface area contributed by atoms with Crippen LogP contribution in [0.15, 0.2) is 36.8 Å². The molecular formula is C22H25FN6O4. The van der Waals surface area contributed by atoms with Gasteiger partial charge in [-0.1, -0.05) is 0 Å². The van der Waals surface area contributed by atoms with Crippen LogP contribution in [0.25, 0.3) is 17.0 Å². The molecule has 3 heterocycles. The van der Waals surface area contributed by atoms with Crippen LogP contribution < -0.4 is 10.6 Å². The molecule has 33 heavy (non-hydrogen) atoms. The van der Waals surface area contributed by atoms with Crippen LogP contribution in [0.3, 0.4) is 0 Å². The van der Waals surface area contributed by atoms with Crippen LogP contribution in [0.1, 0.15) is 12.8 Å². The van der Waals surface area contributed by atoms with Crippen LogP contribution in [0, 0.1) is 5.82 Å². The zero-order chi connectivity index (χ0) is 23.2. The molecule has 3 amide bonds. The zero-order valence-corrected chi connectivity index (χ0v) is 18.2. The molecule has 1 aliphatic heterocycles. The number of fused-ring (bicyclic) bond motifs is 1. The first-order chi connectivity index (χ1) is 16.0. The largest absolute Gasteiger partial charge is 0.382 e. The Kier molecular flexibility index (Phi) is 7.10. The van der Waals surface area contributed by atoms with Crippen molar-refractivity contribution in [2.45, 2.75) is 12.8 Å². The fourth-order valence-corrected chi connectivity index (χ4v) is 3.51. The van der Waals surface area contributed by atoms with Gasteiger partial charge in [0.15, 0.2) is 0 Å². The average molecular weight is 456 g/mol. The Bertz CT molecular complexity index is 1150. The van der Waals surface area contributed by atoms with Gasteiger partial charge in [-0.3, -0.25) is 9.20 Å². The minimum atomic E-state index is -0.473. The number of carbonyl (C=O) groups is 2. The zero-order valence-electron chi connectivity index (χ0n) is 18.2. The van der Waals surface area contributed by atoms with E-state index in [1.54, 1.807) is 34.9 Å². The van der Waals surface area contributed by atoms with Gasteiger partial charge >= 0.3 is 6.03 Å². The molecule has 10 nitrogen and oxygen atoms in total. The van der Waals surface area contributed by atoms with Gasteiger partial charge in [0.1, 0.15) is 12.4 Å². The van der Waals surface area contributed by atoms with E-state index in [1.807, 2.05) is 0 Å². The number of amides is 3. The van der Waals surface area contributed by atoms with Crippen molar-refractivity contribution in [1.29, 1.82) is 0 Å². The van der Waals surface area contributed by atoms with E-state index in [4.69, 9.17) is 9.47 Å². The van der Waals surface area contributed by atoms with Crippen molar-refractivity contribution in [3.8, 4) is 11.3 Å². The number of halogens is 1. The smallest absolute Gasteiger partial charge is 0.321 e. The molecule has 1 aliphatic rings. The molecule has 0 aliphatic carbocycles. The van der Waals surface area contributed by atoms with Gasteiger partial charge in [0.25, 0.3) is 0 Å². The molecule has 4 rings (SSSR count). The van der Waals surface area contributed by atoms with Crippen molar-refractivity contribution in [2.24, 2.45) is 0 Å². The van der Waals surface area contributed by atoms with E-state index in [-0.39, 0.29) is 24.1 Å². The van der Waals surface area contributed by atoms with Gasteiger partial charge in [-0.05, 0) is 31.0 Å². The lowest BCUT2D eigenvalue weighted by Gasteiger charge is -2.16. The average Bonchev–Trinajstić information content (AvgIpc) is 3.48. The molecule has 1 aromatic carbocycles. The SMILES string of the molecule is COCCOCC(=O)Nc1cnc2nc(-c3cc(NC(=O)N4CCCC4)ccc3F)cn2c1. The summed E-state index contributed by atoms with van der Waals surface area (Å²) >= 11 is 0. The van der Waals surface area contributed by atoms with E-state index in [2.05, 4.69) is 20.6 Å². The molecule has 2 aromatic heterocycles. The number of nitrogens with zero attached hydrogens (tertiary/aromatic N) is 4. The van der Waals surface area contributed by atoms with Crippen LogP contribution in [0.4, 0.5) is 20.6 Å². The normalized spacial score (nSPS) is 13.5. The van der Waals surface area contributed by atoms with Gasteiger partial charge in [0.05, 0.1) is 30.8 Å². The maximum atomic E-state index is 14.6. The van der Waals surface area contributed by atoms with Crippen LogP contribution in [0.2, 0.25) is 0 Å². The molecule has 0 unspecified atom stereocenters. The lowest BCUT2D eigenvalue weighted by Crippen LogP contribution is -2.32. The summed E-state index contributed by atoms with van der Waals surface area (Å²) in [6, 6.07) is 4.16. The van der Waals surface area contributed by atoms with Crippen LogP contribution >= 0.6 is 0 Å². The lowest BCUT2D eigenvalue weighted by molar-refractivity contribution is -0.121. The number of methoxy groups -OCH3 is 1. The summed E-state index contributed by atoms with van der Waals surface area (Å²) < 4.78 is 26.2. The highest BCUT2D eigenvalue weighted by molar-refractivity contribution is 5.91. The number of likely N-dealkylation sites (tertiary alicyclic amines) is 1. The Labute approximate surface area is 189 Å². The van der Waals surface area contributed by atoms with E-state index >= 15 is 0 Å². The number of nitrogens with one attached hydrogen (secondary N) is 2. The van der Waals surface area contributed by atoms with E-state index in [0.29, 0.717) is 36.1 Å². The summed E-state index contributed by atoms with van der Waals surface area (Å²) in [7, 11) is 1.55. The number of ether oxygens (including phenoxy) is 2. The molecule has 0 radical (unpaired) electrons. The summed E-state index contributed by atoms with van der Waals surface area (Å²) in [6.45, 7) is 2.04. The molecule has 1 saturated heterocycles. The Morgan fingerprint density at radius 3 is 2.73 bits per heavy atom. The maximum absolute atomic E-state index is 14.6. The van der Waals surface area contributed by atoms with Crippen molar-refractivity contribution < 1.29 is 23.5 Å². The van der Waals surface area contributed by atoms with E-state index in [0.717, 1.165) is 25.9 Å². The summed E-state index contributed by atoms with van der Waals surface area (Å²) in [5.74, 6) is -0.468. The minimum absolute atomic E-state index is 0.113. The van der Waals surface area contributed by atoms with Crippen molar-refractivity contribution in [3.05, 3.63) is 42.6 Å². The third-order valence-electron chi connectivity index (χ3n) is 5.15. The second-order valence-electron chi connectivity index (χ2n) is 7.59. The van der Waals surface area contributed by atoms with Crippen molar-refractivity contribution >= 4 is 29.1 Å². The number of aromatic nitrogens is 3. The van der Waals surface area contributed by atoms with Gasteiger partial charge < -0.3 is 25.0 Å². The Morgan fingerprint density at radius 1 is 1.12 bits per heavy atom. The fourth-order valence-electron chi connectivity index (χ4n) is 3.51. The third-order valence-corrected chi connectivity index (χ3v) is 5.15. The molecule has 0 spiro atoms. The molecule has 11 heteroatoms. The number of hydrogen-bond acceptors (Lipinski definition) is 6. The number of anilines is 2. The molecule has 174 valence electrons. The molecule has 0 saturated carbocycles. The van der Waals surface area contributed by atoms with E-state index in [9.17, 15) is 14.0 Å². The number of carbonyl (C=O) groups excluding carboxylic acids is 2. The molecule has 3 aromatic rings. The highest BCUT2D eigenvalue weighted by Crippen LogP contribution is 2.26. The number of hydrogen-bond donors (Lipinski definition) is 2. The molecule has 1 fully saturated rings. The van der Waals surface area contributed by atoms with Crippen LogP contribution in [0.5, 0.6) is 0 Å². The van der Waals surface area contributed by atoms with Gasteiger partial charge in [0, 0.05) is 43.8 Å². The number of urea groups is 1. The Balaban J connectivity index is 1.48. The van der Waals surface area contributed by atoms with E-state index < -0.39 is 5.82 Å². The number of rotatable bonds is 8. The third kappa shape index (κ3) is 5.62. The fraction of sp³-hybridized carbons (Fsp3) is 0.364. The lowest BCUT2D eigenvalue weighted by atomic mass is 10.1. The summed E-state index contributed by atoms with van der Waals surface area (Å²) in [5, 5.41) is 5.50. The van der Waals surface area contributed by atoms with E-state index in [1.165, 1.54) is 18.3 Å².